The Kier molecular flexibility index (Phi) is 3.18. The molecular formula is C10H10ClN3S. The van der Waals surface area contributed by atoms with Crippen molar-refractivity contribution in [3.8, 4) is 0 Å². The highest BCUT2D eigenvalue weighted by molar-refractivity contribution is 7.09. The van der Waals surface area contributed by atoms with Gasteiger partial charge in [0.15, 0.2) is 5.15 Å². The van der Waals surface area contributed by atoms with Crippen LogP contribution >= 0.6 is 22.9 Å². The van der Waals surface area contributed by atoms with Gasteiger partial charge in [0, 0.05) is 17.3 Å². The van der Waals surface area contributed by atoms with Crippen LogP contribution in [0.2, 0.25) is 5.15 Å². The van der Waals surface area contributed by atoms with E-state index >= 15 is 0 Å². The van der Waals surface area contributed by atoms with Crippen molar-refractivity contribution in [2.24, 2.45) is 0 Å². The molecule has 0 radical (unpaired) electrons. The molecule has 0 aliphatic rings. The van der Waals surface area contributed by atoms with Gasteiger partial charge in [-0.2, -0.15) is 0 Å². The average molecular weight is 240 g/mol. The standard InChI is InChI=1S/C10H10ClN3S/c1-7(9-5-12-6-15-9)14-8-3-2-4-13-10(8)11/h2-7,14H,1H3. The molecule has 1 unspecified atom stereocenters. The van der Waals surface area contributed by atoms with Crippen molar-refractivity contribution in [1.82, 2.24) is 9.97 Å². The molecular weight excluding hydrogens is 230 g/mol. The normalized spacial score (nSPS) is 12.4. The summed E-state index contributed by atoms with van der Waals surface area (Å²) in [4.78, 5) is 9.22. The van der Waals surface area contributed by atoms with Crippen molar-refractivity contribution < 1.29 is 0 Å². The Labute approximate surface area is 97.2 Å². The lowest BCUT2D eigenvalue weighted by Crippen LogP contribution is -2.05. The number of halogens is 1. The minimum absolute atomic E-state index is 0.194. The lowest BCUT2D eigenvalue weighted by atomic mass is 10.3. The Morgan fingerprint density at radius 2 is 2.40 bits per heavy atom. The third-order valence-electron chi connectivity index (χ3n) is 2.01. The number of hydrogen-bond acceptors (Lipinski definition) is 4. The van der Waals surface area contributed by atoms with E-state index in [4.69, 9.17) is 11.6 Å². The average Bonchev–Trinajstić information content (AvgIpc) is 2.74. The zero-order valence-electron chi connectivity index (χ0n) is 8.14. The highest BCUT2D eigenvalue weighted by atomic mass is 35.5. The van der Waals surface area contributed by atoms with Gasteiger partial charge in [0.1, 0.15) is 0 Å². The first kappa shape index (κ1) is 10.4. The summed E-state index contributed by atoms with van der Waals surface area (Å²) in [6.07, 6.45) is 3.53. The van der Waals surface area contributed by atoms with Crippen LogP contribution in [0, 0.1) is 0 Å². The van der Waals surface area contributed by atoms with E-state index in [2.05, 4.69) is 22.2 Å². The van der Waals surface area contributed by atoms with Gasteiger partial charge in [0.2, 0.25) is 0 Å². The van der Waals surface area contributed by atoms with Crippen LogP contribution in [-0.2, 0) is 0 Å². The van der Waals surface area contributed by atoms with Gasteiger partial charge in [-0.25, -0.2) is 4.98 Å². The Morgan fingerprint density at radius 3 is 3.07 bits per heavy atom. The molecule has 78 valence electrons. The number of rotatable bonds is 3. The third-order valence-corrected chi connectivity index (χ3v) is 3.27. The van der Waals surface area contributed by atoms with Crippen molar-refractivity contribution in [3.05, 3.63) is 40.1 Å². The predicted octanol–water partition coefficient (Wildman–Crippen LogP) is 3.36. The molecule has 2 rings (SSSR count). The molecule has 3 nitrogen and oxygen atoms in total. The van der Waals surface area contributed by atoms with Gasteiger partial charge < -0.3 is 5.32 Å². The van der Waals surface area contributed by atoms with Crippen molar-refractivity contribution >= 4 is 28.6 Å². The number of aromatic nitrogens is 2. The highest BCUT2D eigenvalue weighted by Crippen LogP contribution is 2.25. The molecule has 0 spiro atoms. The van der Waals surface area contributed by atoms with Gasteiger partial charge >= 0.3 is 0 Å². The lowest BCUT2D eigenvalue weighted by Gasteiger charge is -2.13. The van der Waals surface area contributed by atoms with Crippen LogP contribution in [0.5, 0.6) is 0 Å². The van der Waals surface area contributed by atoms with Crippen LogP contribution in [0.15, 0.2) is 30.0 Å². The summed E-state index contributed by atoms with van der Waals surface area (Å²) in [5, 5.41) is 3.78. The first-order chi connectivity index (χ1) is 7.27. The topological polar surface area (TPSA) is 37.8 Å². The summed E-state index contributed by atoms with van der Waals surface area (Å²) in [6.45, 7) is 2.07. The third kappa shape index (κ3) is 2.46. The van der Waals surface area contributed by atoms with Crippen LogP contribution in [0.25, 0.3) is 0 Å². The Morgan fingerprint density at radius 1 is 1.53 bits per heavy atom. The molecule has 2 aromatic heterocycles. The van der Waals surface area contributed by atoms with Crippen molar-refractivity contribution in [1.29, 1.82) is 0 Å². The van der Waals surface area contributed by atoms with E-state index in [1.807, 2.05) is 23.8 Å². The van der Waals surface area contributed by atoms with Crippen LogP contribution in [-0.4, -0.2) is 9.97 Å². The van der Waals surface area contributed by atoms with Crippen LogP contribution in [0.4, 0.5) is 5.69 Å². The number of thiazole rings is 1. The Hall–Kier alpha value is -1.13. The number of hydrogen-bond donors (Lipinski definition) is 1. The predicted molar refractivity (Wildman–Crippen MR) is 63.4 cm³/mol. The van der Waals surface area contributed by atoms with Crippen LogP contribution in [0.1, 0.15) is 17.8 Å². The molecule has 0 amide bonds. The molecule has 1 N–H and O–H groups in total. The smallest absolute Gasteiger partial charge is 0.152 e. The molecule has 0 saturated heterocycles. The molecule has 0 aliphatic heterocycles. The largest absolute Gasteiger partial charge is 0.375 e. The number of pyridine rings is 1. The maximum atomic E-state index is 5.94. The zero-order chi connectivity index (χ0) is 10.7. The maximum Gasteiger partial charge on any atom is 0.152 e. The van der Waals surface area contributed by atoms with Crippen molar-refractivity contribution in [2.45, 2.75) is 13.0 Å². The fraction of sp³-hybridized carbons (Fsp3) is 0.200. The fourth-order valence-corrected chi connectivity index (χ4v) is 2.04. The molecule has 0 saturated carbocycles. The first-order valence-electron chi connectivity index (χ1n) is 4.53. The van der Waals surface area contributed by atoms with Crippen LogP contribution < -0.4 is 5.32 Å². The summed E-state index contributed by atoms with van der Waals surface area (Å²) < 4.78 is 0. The van der Waals surface area contributed by atoms with Gasteiger partial charge in [0.05, 0.1) is 17.2 Å². The maximum absolute atomic E-state index is 5.94. The first-order valence-corrected chi connectivity index (χ1v) is 5.78. The summed E-state index contributed by atoms with van der Waals surface area (Å²) in [6, 6.07) is 3.96. The minimum Gasteiger partial charge on any atom is -0.375 e. The molecule has 0 fully saturated rings. The Bertz CT molecular complexity index is 430. The molecule has 0 bridgehead atoms. The van der Waals surface area contributed by atoms with Gasteiger partial charge in [-0.1, -0.05) is 11.6 Å². The van der Waals surface area contributed by atoms with E-state index in [9.17, 15) is 0 Å². The Balaban J connectivity index is 2.13. The van der Waals surface area contributed by atoms with Crippen molar-refractivity contribution in [3.63, 3.8) is 0 Å². The van der Waals surface area contributed by atoms with Crippen molar-refractivity contribution in [2.75, 3.05) is 5.32 Å². The highest BCUT2D eigenvalue weighted by Gasteiger charge is 2.08. The summed E-state index contributed by atoms with van der Waals surface area (Å²) in [5.41, 5.74) is 2.67. The number of anilines is 1. The molecule has 5 heteroatoms. The van der Waals surface area contributed by atoms with Gasteiger partial charge in [-0.05, 0) is 19.1 Å². The summed E-state index contributed by atoms with van der Waals surface area (Å²) >= 11 is 7.56. The van der Waals surface area contributed by atoms with E-state index in [1.54, 1.807) is 17.5 Å². The van der Waals surface area contributed by atoms with Gasteiger partial charge in [-0.15, -0.1) is 11.3 Å². The number of nitrogens with one attached hydrogen (secondary N) is 1. The van der Waals surface area contributed by atoms with E-state index in [-0.39, 0.29) is 6.04 Å². The zero-order valence-corrected chi connectivity index (χ0v) is 9.72. The second-order valence-electron chi connectivity index (χ2n) is 3.11. The molecule has 0 aliphatic carbocycles. The van der Waals surface area contributed by atoms with Crippen LogP contribution in [0.3, 0.4) is 0 Å². The quantitative estimate of drug-likeness (QED) is 0.835. The second-order valence-corrected chi connectivity index (χ2v) is 4.39. The second kappa shape index (κ2) is 4.59. The van der Waals surface area contributed by atoms with E-state index in [0.717, 1.165) is 5.69 Å². The molecule has 2 heterocycles. The summed E-state index contributed by atoms with van der Waals surface area (Å²) in [5.74, 6) is 0. The van der Waals surface area contributed by atoms with E-state index in [0.29, 0.717) is 5.15 Å². The molecule has 2 aromatic rings. The molecule has 0 aromatic carbocycles. The van der Waals surface area contributed by atoms with E-state index in [1.165, 1.54) is 4.88 Å². The number of nitrogens with zero attached hydrogens (tertiary/aromatic N) is 2. The summed E-state index contributed by atoms with van der Waals surface area (Å²) in [7, 11) is 0. The molecule has 15 heavy (non-hydrogen) atoms. The monoisotopic (exact) mass is 239 g/mol. The molecule has 1 atom stereocenters. The van der Waals surface area contributed by atoms with Gasteiger partial charge in [-0.3, -0.25) is 4.98 Å². The van der Waals surface area contributed by atoms with E-state index < -0.39 is 0 Å². The lowest BCUT2D eigenvalue weighted by molar-refractivity contribution is 0.901. The SMILES string of the molecule is CC(Nc1cccnc1Cl)c1cncs1. The van der Waals surface area contributed by atoms with Gasteiger partial charge in [0.25, 0.3) is 0 Å². The fourth-order valence-electron chi connectivity index (χ4n) is 1.24. The minimum atomic E-state index is 0.194.